The van der Waals surface area contributed by atoms with Crippen LogP contribution in [0.5, 0.6) is 5.75 Å². The fraction of sp³-hybridized carbons (Fsp3) is 0.533. The minimum Gasteiger partial charge on any atom is -0.496 e. The van der Waals surface area contributed by atoms with Crippen LogP contribution in [0.2, 0.25) is 0 Å². The summed E-state index contributed by atoms with van der Waals surface area (Å²) in [5.74, 6) is 1.62. The van der Waals surface area contributed by atoms with Crippen molar-refractivity contribution < 1.29 is 9.53 Å². The molecular formula is C15H22N2O2. The topological polar surface area (TPSA) is 50.4 Å². The van der Waals surface area contributed by atoms with Gasteiger partial charge in [0.25, 0.3) is 0 Å². The first-order valence-corrected chi connectivity index (χ1v) is 6.83. The summed E-state index contributed by atoms with van der Waals surface area (Å²) >= 11 is 0. The fourth-order valence-corrected chi connectivity index (χ4v) is 2.11. The van der Waals surface area contributed by atoms with Crippen molar-refractivity contribution in [3.05, 3.63) is 29.8 Å². The van der Waals surface area contributed by atoms with Gasteiger partial charge in [-0.15, -0.1) is 0 Å². The quantitative estimate of drug-likeness (QED) is 0.788. The molecule has 1 aliphatic rings. The zero-order valence-electron chi connectivity index (χ0n) is 11.6. The van der Waals surface area contributed by atoms with Gasteiger partial charge in [-0.25, -0.2) is 0 Å². The molecule has 0 heterocycles. The molecule has 19 heavy (non-hydrogen) atoms. The van der Waals surface area contributed by atoms with E-state index in [1.54, 1.807) is 7.11 Å². The summed E-state index contributed by atoms with van der Waals surface area (Å²) in [6.45, 7) is 3.31. The van der Waals surface area contributed by atoms with Crippen LogP contribution in [0.25, 0.3) is 0 Å². The van der Waals surface area contributed by atoms with E-state index in [9.17, 15) is 4.79 Å². The van der Waals surface area contributed by atoms with Gasteiger partial charge < -0.3 is 15.4 Å². The van der Waals surface area contributed by atoms with E-state index in [1.165, 1.54) is 12.8 Å². The average Bonchev–Trinajstić information content (AvgIpc) is 3.22. The van der Waals surface area contributed by atoms with Crippen LogP contribution in [0.15, 0.2) is 24.3 Å². The summed E-state index contributed by atoms with van der Waals surface area (Å²) in [7, 11) is 1.64. The maximum absolute atomic E-state index is 11.8. The third kappa shape index (κ3) is 4.24. The van der Waals surface area contributed by atoms with Crippen molar-refractivity contribution in [3.63, 3.8) is 0 Å². The molecule has 0 radical (unpaired) electrons. The number of rotatable bonds is 7. The van der Waals surface area contributed by atoms with E-state index in [-0.39, 0.29) is 11.9 Å². The van der Waals surface area contributed by atoms with Gasteiger partial charge in [0.2, 0.25) is 5.91 Å². The lowest BCUT2D eigenvalue weighted by molar-refractivity contribution is -0.120. The van der Waals surface area contributed by atoms with Crippen LogP contribution in [0.4, 0.5) is 0 Å². The van der Waals surface area contributed by atoms with Crippen molar-refractivity contribution in [2.75, 3.05) is 20.2 Å². The molecule has 0 unspecified atom stereocenters. The van der Waals surface area contributed by atoms with Gasteiger partial charge >= 0.3 is 0 Å². The van der Waals surface area contributed by atoms with Crippen LogP contribution in [-0.2, 0) is 4.79 Å². The van der Waals surface area contributed by atoms with Crippen molar-refractivity contribution in [1.29, 1.82) is 0 Å². The van der Waals surface area contributed by atoms with Crippen molar-refractivity contribution in [3.8, 4) is 5.75 Å². The average molecular weight is 262 g/mol. The first-order valence-electron chi connectivity index (χ1n) is 6.83. The van der Waals surface area contributed by atoms with Gasteiger partial charge in [0.15, 0.2) is 0 Å². The Morgan fingerprint density at radius 2 is 2.16 bits per heavy atom. The molecule has 1 aromatic carbocycles. The summed E-state index contributed by atoms with van der Waals surface area (Å²) in [5.41, 5.74) is 1.00. The predicted molar refractivity (Wildman–Crippen MR) is 75.1 cm³/mol. The Balaban J connectivity index is 1.81. The van der Waals surface area contributed by atoms with E-state index in [0.29, 0.717) is 6.54 Å². The van der Waals surface area contributed by atoms with E-state index < -0.39 is 0 Å². The van der Waals surface area contributed by atoms with Crippen molar-refractivity contribution in [2.45, 2.75) is 25.8 Å². The molecule has 4 nitrogen and oxygen atoms in total. The lowest BCUT2D eigenvalue weighted by atomic mass is 10.1. The van der Waals surface area contributed by atoms with E-state index in [1.807, 2.05) is 31.2 Å². The Morgan fingerprint density at radius 3 is 2.84 bits per heavy atom. The Labute approximate surface area is 114 Å². The first-order chi connectivity index (χ1) is 9.20. The summed E-state index contributed by atoms with van der Waals surface area (Å²) in [5, 5.41) is 6.17. The number of nitrogens with one attached hydrogen (secondary N) is 2. The van der Waals surface area contributed by atoms with Crippen molar-refractivity contribution in [1.82, 2.24) is 10.6 Å². The lowest BCUT2D eigenvalue weighted by Gasteiger charge is -2.17. The van der Waals surface area contributed by atoms with Gasteiger partial charge in [-0.05, 0) is 38.3 Å². The van der Waals surface area contributed by atoms with Crippen LogP contribution in [-0.4, -0.2) is 26.1 Å². The molecule has 0 aromatic heterocycles. The lowest BCUT2D eigenvalue weighted by Crippen LogP contribution is -2.36. The van der Waals surface area contributed by atoms with E-state index >= 15 is 0 Å². The molecule has 0 spiro atoms. The summed E-state index contributed by atoms with van der Waals surface area (Å²) < 4.78 is 5.30. The van der Waals surface area contributed by atoms with E-state index in [4.69, 9.17) is 4.74 Å². The van der Waals surface area contributed by atoms with Gasteiger partial charge in [0.05, 0.1) is 19.7 Å². The summed E-state index contributed by atoms with van der Waals surface area (Å²) in [6.07, 6.45) is 2.60. The number of amides is 1. The molecule has 0 saturated heterocycles. The highest BCUT2D eigenvalue weighted by Crippen LogP contribution is 2.27. The first kappa shape index (κ1) is 13.9. The van der Waals surface area contributed by atoms with Gasteiger partial charge in [-0.1, -0.05) is 18.2 Å². The van der Waals surface area contributed by atoms with Crippen molar-refractivity contribution >= 4 is 5.91 Å². The van der Waals surface area contributed by atoms with Crippen LogP contribution >= 0.6 is 0 Å². The number of hydrogen-bond donors (Lipinski definition) is 2. The molecular weight excluding hydrogens is 240 g/mol. The highest BCUT2D eigenvalue weighted by molar-refractivity contribution is 5.78. The predicted octanol–water partition coefficient (Wildman–Crippen LogP) is 1.87. The Hall–Kier alpha value is -1.55. The third-order valence-corrected chi connectivity index (χ3v) is 3.40. The smallest absolute Gasteiger partial charge is 0.234 e. The van der Waals surface area contributed by atoms with Gasteiger partial charge in [0.1, 0.15) is 5.75 Å². The molecule has 1 aliphatic carbocycles. The maximum Gasteiger partial charge on any atom is 0.234 e. The molecule has 0 aliphatic heterocycles. The Morgan fingerprint density at radius 1 is 1.42 bits per heavy atom. The van der Waals surface area contributed by atoms with Gasteiger partial charge in [-0.2, -0.15) is 0 Å². The number of benzene rings is 1. The van der Waals surface area contributed by atoms with E-state index in [2.05, 4.69) is 10.6 Å². The Bertz CT molecular complexity index is 430. The minimum absolute atomic E-state index is 0.0269. The highest BCUT2D eigenvalue weighted by atomic mass is 16.5. The van der Waals surface area contributed by atoms with Crippen LogP contribution in [0.3, 0.4) is 0 Å². The monoisotopic (exact) mass is 262 g/mol. The molecule has 1 fully saturated rings. The number of carbonyl (C=O) groups is 1. The maximum atomic E-state index is 11.8. The zero-order valence-corrected chi connectivity index (χ0v) is 11.6. The summed E-state index contributed by atoms with van der Waals surface area (Å²) in [4.78, 5) is 11.8. The number of hydrogen-bond acceptors (Lipinski definition) is 3. The van der Waals surface area contributed by atoms with Gasteiger partial charge in [-0.3, -0.25) is 4.79 Å². The number of methoxy groups -OCH3 is 1. The SMILES string of the molecule is COc1ccccc1[C@H](C)NC(=O)CNCC1CC1. The zero-order chi connectivity index (χ0) is 13.7. The second-order valence-electron chi connectivity index (χ2n) is 5.11. The van der Waals surface area contributed by atoms with Crippen LogP contribution in [0.1, 0.15) is 31.4 Å². The second-order valence-corrected chi connectivity index (χ2v) is 5.11. The molecule has 1 amide bonds. The molecule has 1 atom stereocenters. The minimum atomic E-state index is -0.0497. The van der Waals surface area contributed by atoms with E-state index in [0.717, 1.165) is 23.8 Å². The van der Waals surface area contributed by atoms with Crippen LogP contribution < -0.4 is 15.4 Å². The van der Waals surface area contributed by atoms with Crippen molar-refractivity contribution in [2.24, 2.45) is 5.92 Å². The second kappa shape index (κ2) is 6.57. The fourth-order valence-electron chi connectivity index (χ4n) is 2.11. The number of para-hydroxylation sites is 1. The van der Waals surface area contributed by atoms with Gasteiger partial charge in [0, 0.05) is 5.56 Å². The molecule has 104 valence electrons. The Kier molecular flexibility index (Phi) is 4.80. The molecule has 2 rings (SSSR count). The molecule has 0 bridgehead atoms. The highest BCUT2D eigenvalue weighted by Gasteiger charge is 2.21. The number of ether oxygens (including phenoxy) is 1. The molecule has 2 N–H and O–H groups in total. The standard InChI is InChI=1S/C15H22N2O2/c1-11(13-5-3-4-6-14(13)19-2)17-15(18)10-16-9-12-7-8-12/h3-6,11-12,16H,7-10H2,1-2H3,(H,17,18)/t11-/m0/s1. The largest absolute Gasteiger partial charge is 0.496 e. The number of carbonyl (C=O) groups excluding carboxylic acids is 1. The third-order valence-electron chi connectivity index (χ3n) is 3.40. The summed E-state index contributed by atoms with van der Waals surface area (Å²) in [6, 6.07) is 7.70. The van der Waals surface area contributed by atoms with Crippen LogP contribution in [0, 0.1) is 5.92 Å². The molecule has 4 heteroatoms. The molecule has 1 aromatic rings. The normalized spacial score (nSPS) is 15.9. The molecule has 1 saturated carbocycles.